The highest BCUT2D eigenvalue weighted by Crippen LogP contribution is 2.28. The van der Waals surface area contributed by atoms with Crippen molar-refractivity contribution in [3.05, 3.63) is 17.0 Å². The van der Waals surface area contributed by atoms with Gasteiger partial charge in [0, 0.05) is 31.7 Å². The molecule has 2 fully saturated rings. The molecule has 1 amide bonds. The molecule has 3 heterocycles. The number of carbonyl (C=O) groups is 1. The standard InChI is InChI=1S/C18H30N4O.2ClH/c1-12(9-17-13(2)20-21(4)14(17)3)18(23)22-7-5-15-10-19-11-16(15)6-8-22;;/h12,15-16,19H,5-11H2,1-4H3;2*1H/t12?,15-,16+;;. The summed E-state index contributed by atoms with van der Waals surface area (Å²) in [4.78, 5) is 15.0. The third-order valence-corrected chi connectivity index (χ3v) is 5.92. The zero-order chi connectivity index (χ0) is 16.6. The van der Waals surface area contributed by atoms with Crippen molar-refractivity contribution in [1.29, 1.82) is 0 Å². The van der Waals surface area contributed by atoms with Gasteiger partial charge >= 0.3 is 0 Å². The Balaban J connectivity index is 0.00000156. The molecule has 0 radical (unpaired) electrons. The van der Waals surface area contributed by atoms with Crippen LogP contribution in [-0.2, 0) is 18.3 Å². The van der Waals surface area contributed by atoms with Crippen LogP contribution in [0, 0.1) is 31.6 Å². The van der Waals surface area contributed by atoms with Crippen LogP contribution >= 0.6 is 24.8 Å². The minimum absolute atomic E-state index is 0. The molecule has 25 heavy (non-hydrogen) atoms. The molecule has 2 aliphatic rings. The number of fused-ring (bicyclic) bond motifs is 1. The van der Waals surface area contributed by atoms with Crippen LogP contribution < -0.4 is 5.32 Å². The first-order valence-corrected chi connectivity index (χ1v) is 8.96. The van der Waals surface area contributed by atoms with Gasteiger partial charge < -0.3 is 10.2 Å². The Kier molecular flexibility index (Phi) is 8.23. The van der Waals surface area contributed by atoms with E-state index < -0.39 is 0 Å². The largest absolute Gasteiger partial charge is 0.342 e. The van der Waals surface area contributed by atoms with E-state index in [4.69, 9.17) is 0 Å². The van der Waals surface area contributed by atoms with Crippen LogP contribution in [0.3, 0.4) is 0 Å². The van der Waals surface area contributed by atoms with Gasteiger partial charge in [0.1, 0.15) is 0 Å². The molecule has 1 N–H and O–H groups in total. The van der Waals surface area contributed by atoms with Crippen LogP contribution in [0.15, 0.2) is 0 Å². The third-order valence-electron chi connectivity index (χ3n) is 5.92. The van der Waals surface area contributed by atoms with Gasteiger partial charge in [-0.1, -0.05) is 6.92 Å². The van der Waals surface area contributed by atoms with Crippen LogP contribution in [0.2, 0.25) is 0 Å². The first-order valence-electron chi connectivity index (χ1n) is 8.96. The molecule has 0 aromatic carbocycles. The predicted molar refractivity (Wildman–Crippen MR) is 106 cm³/mol. The van der Waals surface area contributed by atoms with Crippen molar-refractivity contribution in [2.75, 3.05) is 26.2 Å². The molecule has 2 aliphatic heterocycles. The molecule has 3 rings (SSSR count). The Morgan fingerprint density at radius 1 is 1.20 bits per heavy atom. The van der Waals surface area contributed by atoms with Gasteiger partial charge in [0.15, 0.2) is 0 Å². The predicted octanol–water partition coefficient (Wildman–Crippen LogP) is 2.52. The first-order chi connectivity index (χ1) is 11.0. The molecule has 0 saturated carbocycles. The van der Waals surface area contributed by atoms with Crippen molar-refractivity contribution < 1.29 is 4.79 Å². The Morgan fingerprint density at radius 2 is 1.76 bits per heavy atom. The van der Waals surface area contributed by atoms with Crippen molar-refractivity contribution in [3.63, 3.8) is 0 Å². The minimum Gasteiger partial charge on any atom is -0.342 e. The highest BCUT2D eigenvalue weighted by Gasteiger charge is 2.32. The zero-order valence-corrected chi connectivity index (χ0v) is 17.4. The SMILES string of the molecule is Cc1nn(C)c(C)c1CC(C)C(=O)N1CC[C@@H]2CNC[C@@H]2CC1.Cl.Cl. The number of amides is 1. The maximum atomic E-state index is 12.9. The molecule has 1 unspecified atom stereocenters. The maximum Gasteiger partial charge on any atom is 0.225 e. The smallest absolute Gasteiger partial charge is 0.225 e. The van der Waals surface area contributed by atoms with Crippen LogP contribution in [0.5, 0.6) is 0 Å². The minimum atomic E-state index is 0. The molecule has 7 heteroatoms. The first kappa shape index (κ1) is 22.3. The number of aromatic nitrogens is 2. The van der Waals surface area contributed by atoms with E-state index in [0.29, 0.717) is 5.91 Å². The maximum absolute atomic E-state index is 12.9. The van der Waals surface area contributed by atoms with Gasteiger partial charge in [-0.05, 0) is 63.6 Å². The number of hydrogen-bond acceptors (Lipinski definition) is 3. The van der Waals surface area contributed by atoms with Gasteiger partial charge in [-0.2, -0.15) is 5.10 Å². The zero-order valence-electron chi connectivity index (χ0n) is 15.7. The van der Waals surface area contributed by atoms with E-state index >= 15 is 0 Å². The molecule has 5 nitrogen and oxygen atoms in total. The van der Waals surface area contributed by atoms with Crippen LogP contribution in [0.4, 0.5) is 0 Å². The summed E-state index contributed by atoms with van der Waals surface area (Å²) in [7, 11) is 1.97. The fourth-order valence-corrected chi connectivity index (χ4v) is 4.26. The van der Waals surface area contributed by atoms with Gasteiger partial charge in [0.25, 0.3) is 0 Å². The summed E-state index contributed by atoms with van der Waals surface area (Å²) in [5, 5.41) is 7.97. The van der Waals surface area contributed by atoms with Crippen LogP contribution in [0.1, 0.15) is 36.7 Å². The van der Waals surface area contributed by atoms with E-state index in [2.05, 4.69) is 29.2 Å². The fourth-order valence-electron chi connectivity index (χ4n) is 4.26. The summed E-state index contributed by atoms with van der Waals surface area (Å²) < 4.78 is 1.92. The van der Waals surface area contributed by atoms with E-state index in [0.717, 1.165) is 63.0 Å². The Labute approximate surface area is 163 Å². The second-order valence-electron chi connectivity index (χ2n) is 7.46. The van der Waals surface area contributed by atoms with Crippen LogP contribution in [0.25, 0.3) is 0 Å². The van der Waals surface area contributed by atoms with Gasteiger partial charge in [-0.3, -0.25) is 9.48 Å². The lowest BCUT2D eigenvalue weighted by atomic mass is 9.92. The average molecular weight is 391 g/mol. The summed E-state index contributed by atoms with van der Waals surface area (Å²) in [6, 6.07) is 0. The lowest BCUT2D eigenvalue weighted by Gasteiger charge is -2.24. The monoisotopic (exact) mass is 390 g/mol. The van der Waals surface area contributed by atoms with Gasteiger partial charge in [0.05, 0.1) is 5.69 Å². The molecule has 3 atom stereocenters. The molecular formula is C18H32Cl2N4O. The van der Waals surface area contributed by atoms with E-state index in [1.807, 2.05) is 18.7 Å². The molecule has 0 spiro atoms. The number of hydrogen-bond donors (Lipinski definition) is 1. The summed E-state index contributed by atoms with van der Waals surface area (Å²) in [6.45, 7) is 10.3. The quantitative estimate of drug-likeness (QED) is 0.862. The fraction of sp³-hybridized carbons (Fsp3) is 0.778. The number of aryl methyl sites for hydroxylation is 2. The molecular weight excluding hydrogens is 359 g/mol. The average Bonchev–Trinajstić information content (AvgIpc) is 2.99. The summed E-state index contributed by atoms with van der Waals surface area (Å²) >= 11 is 0. The molecule has 144 valence electrons. The summed E-state index contributed by atoms with van der Waals surface area (Å²) in [5.74, 6) is 1.89. The highest BCUT2D eigenvalue weighted by molar-refractivity contribution is 5.85. The van der Waals surface area contributed by atoms with E-state index in [-0.39, 0.29) is 30.7 Å². The highest BCUT2D eigenvalue weighted by atomic mass is 35.5. The molecule has 1 aromatic rings. The Morgan fingerprint density at radius 3 is 2.24 bits per heavy atom. The topological polar surface area (TPSA) is 50.2 Å². The van der Waals surface area contributed by atoms with Gasteiger partial charge in [-0.15, -0.1) is 24.8 Å². The third kappa shape index (κ3) is 4.69. The molecule has 0 aliphatic carbocycles. The van der Waals surface area contributed by atoms with Crippen molar-refractivity contribution in [3.8, 4) is 0 Å². The van der Waals surface area contributed by atoms with Crippen molar-refractivity contribution in [1.82, 2.24) is 20.0 Å². The number of rotatable bonds is 3. The summed E-state index contributed by atoms with van der Waals surface area (Å²) in [6.07, 6.45) is 3.11. The number of nitrogens with one attached hydrogen (secondary N) is 1. The van der Waals surface area contributed by atoms with Gasteiger partial charge in [-0.25, -0.2) is 0 Å². The van der Waals surface area contributed by atoms with E-state index in [1.54, 1.807) is 0 Å². The lowest BCUT2D eigenvalue weighted by Crippen LogP contribution is -2.37. The van der Waals surface area contributed by atoms with Crippen LogP contribution in [-0.4, -0.2) is 46.8 Å². The second kappa shape index (κ2) is 9.24. The number of likely N-dealkylation sites (tertiary alicyclic amines) is 1. The van der Waals surface area contributed by atoms with Crippen molar-refractivity contribution in [2.45, 2.75) is 40.0 Å². The number of nitrogens with zero attached hydrogens (tertiary/aromatic N) is 3. The van der Waals surface area contributed by atoms with Gasteiger partial charge in [0.2, 0.25) is 5.91 Å². The van der Waals surface area contributed by atoms with Crippen molar-refractivity contribution in [2.24, 2.45) is 24.8 Å². The lowest BCUT2D eigenvalue weighted by molar-refractivity contribution is -0.135. The summed E-state index contributed by atoms with van der Waals surface area (Å²) in [5.41, 5.74) is 3.48. The van der Waals surface area contributed by atoms with Crippen molar-refractivity contribution >= 4 is 30.7 Å². The second-order valence-corrected chi connectivity index (χ2v) is 7.46. The Hall–Kier alpha value is -0.780. The molecule has 0 bridgehead atoms. The van der Waals surface area contributed by atoms with E-state index in [9.17, 15) is 4.79 Å². The molecule has 1 aromatic heterocycles. The number of halogens is 2. The molecule has 2 saturated heterocycles. The normalized spacial score (nSPS) is 23.9. The number of carbonyl (C=O) groups excluding carboxylic acids is 1. The van der Waals surface area contributed by atoms with E-state index in [1.165, 1.54) is 11.3 Å². The Bertz CT molecular complexity index is 576.